The van der Waals surface area contributed by atoms with Gasteiger partial charge < -0.3 is 15.5 Å². The number of benzene rings is 1. The Morgan fingerprint density at radius 1 is 1.40 bits per heavy atom. The van der Waals surface area contributed by atoms with Crippen molar-refractivity contribution in [3.8, 4) is 0 Å². The molecule has 0 saturated heterocycles. The summed E-state index contributed by atoms with van der Waals surface area (Å²) in [4.78, 5) is 22.5. The van der Waals surface area contributed by atoms with Crippen LogP contribution < -0.4 is 11.1 Å². The number of carbonyl (C=O) groups excluding carboxylic acids is 2. The number of rotatable bonds is 5. The van der Waals surface area contributed by atoms with E-state index in [-0.39, 0.29) is 17.8 Å². The molecule has 0 aliphatic rings. The van der Waals surface area contributed by atoms with Gasteiger partial charge in [0.25, 0.3) is 5.91 Å². The molecule has 1 aromatic heterocycles. The fourth-order valence-electron chi connectivity index (χ4n) is 1.97. The molecule has 0 aliphatic heterocycles. The molecule has 5 nitrogen and oxygen atoms in total. The number of primary amides is 1. The summed E-state index contributed by atoms with van der Waals surface area (Å²) in [5.74, 6) is -1.26. The van der Waals surface area contributed by atoms with Gasteiger partial charge in [-0.1, -0.05) is 12.1 Å². The van der Waals surface area contributed by atoms with Crippen molar-refractivity contribution in [3.63, 3.8) is 0 Å². The molecular weight excluding hydrogens is 263 g/mol. The quantitative estimate of drug-likeness (QED) is 0.819. The zero-order chi connectivity index (χ0) is 14.7. The molecule has 6 heteroatoms. The van der Waals surface area contributed by atoms with E-state index in [0.717, 1.165) is 0 Å². The van der Waals surface area contributed by atoms with E-state index in [1.54, 1.807) is 19.1 Å². The molecule has 2 amide bonds. The molecule has 0 radical (unpaired) electrons. The van der Waals surface area contributed by atoms with Gasteiger partial charge in [-0.3, -0.25) is 9.59 Å². The van der Waals surface area contributed by atoms with Gasteiger partial charge in [0.2, 0.25) is 5.91 Å². The van der Waals surface area contributed by atoms with E-state index in [4.69, 9.17) is 10.2 Å². The summed E-state index contributed by atoms with van der Waals surface area (Å²) >= 11 is 0. The maximum atomic E-state index is 13.6. The summed E-state index contributed by atoms with van der Waals surface area (Å²) in [5.41, 5.74) is 5.67. The Morgan fingerprint density at radius 2 is 2.15 bits per heavy atom. The molecule has 20 heavy (non-hydrogen) atoms. The van der Waals surface area contributed by atoms with Crippen molar-refractivity contribution in [2.45, 2.75) is 19.8 Å². The molecule has 1 heterocycles. The normalized spacial score (nSPS) is 10.7. The van der Waals surface area contributed by atoms with E-state index in [9.17, 15) is 14.0 Å². The van der Waals surface area contributed by atoms with Crippen LogP contribution in [-0.4, -0.2) is 18.4 Å². The SMILES string of the molecule is Cc1c(C(=O)NCCCC(N)=O)oc2c(F)cccc12. The maximum absolute atomic E-state index is 13.6. The molecule has 3 N–H and O–H groups in total. The van der Waals surface area contributed by atoms with E-state index in [1.165, 1.54) is 6.07 Å². The lowest BCUT2D eigenvalue weighted by molar-refractivity contribution is -0.118. The van der Waals surface area contributed by atoms with Crippen molar-refractivity contribution in [3.05, 3.63) is 35.3 Å². The summed E-state index contributed by atoms with van der Waals surface area (Å²) in [7, 11) is 0. The molecule has 1 aromatic carbocycles. The summed E-state index contributed by atoms with van der Waals surface area (Å²) in [5, 5.41) is 3.19. The second kappa shape index (κ2) is 5.73. The Balaban J connectivity index is 2.12. The maximum Gasteiger partial charge on any atom is 0.287 e. The highest BCUT2D eigenvalue weighted by molar-refractivity contribution is 5.99. The Kier molecular flexibility index (Phi) is 4.02. The van der Waals surface area contributed by atoms with Crippen molar-refractivity contribution in [2.24, 2.45) is 5.73 Å². The highest BCUT2D eigenvalue weighted by atomic mass is 19.1. The van der Waals surface area contributed by atoms with Gasteiger partial charge in [0, 0.05) is 23.9 Å². The van der Waals surface area contributed by atoms with Crippen LogP contribution in [0.25, 0.3) is 11.0 Å². The Hall–Kier alpha value is -2.37. The van der Waals surface area contributed by atoms with Crippen LogP contribution in [-0.2, 0) is 4.79 Å². The number of nitrogens with two attached hydrogens (primary N) is 1. The van der Waals surface area contributed by atoms with Crippen LogP contribution >= 0.6 is 0 Å². The molecule has 2 rings (SSSR count). The van der Waals surface area contributed by atoms with Crippen molar-refractivity contribution in [1.29, 1.82) is 0 Å². The standard InChI is InChI=1S/C14H15FN2O3/c1-8-9-4-2-5-10(15)13(9)20-12(8)14(19)17-7-3-6-11(16)18/h2,4-5H,3,6-7H2,1H3,(H2,16,18)(H,17,19). The number of hydrogen-bond acceptors (Lipinski definition) is 3. The van der Waals surface area contributed by atoms with Crippen LogP contribution in [0.4, 0.5) is 4.39 Å². The minimum absolute atomic E-state index is 0.0762. The van der Waals surface area contributed by atoms with Gasteiger partial charge in [-0.25, -0.2) is 4.39 Å². The van der Waals surface area contributed by atoms with Crippen molar-refractivity contribution >= 4 is 22.8 Å². The lowest BCUT2D eigenvalue weighted by Gasteiger charge is -2.02. The topological polar surface area (TPSA) is 85.3 Å². The van der Waals surface area contributed by atoms with E-state index in [2.05, 4.69) is 5.32 Å². The second-order valence-electron chi connectivity index (χ2n) is 4.50. The van der Waals surface area contributed by atoms with Gasteiger partial charge in [0.1, 0.15) is 0 Å². The number of carbonyl (C=O) groups is 2. The predicted octanol–water partition coefficient (Wildman–Crippen LogP) is 1.88. The van der Waals surface area contributed by atoms with Gasteiger partial charge in [-0.2, -0.15) is 0 Å². The van der Waals surface area contributed by atoms with Crippen LogP contribution in [0.15, 0.2) is 22.6 Å². The summed E-state index contributed by atoms with van der Waals surface area (Å²) < 4.78 is 18.9. The van der Waals surface area contributed by atoms with E-state index in [0.29, 0.717) is 23.9 Å². The molecule has 0 saturated carbocycles. The zero-order valence-electron chi connectivity index (χ0n) is 11.0. The molecule has 0 spiro atoms. The summed E-state index contributed by atoms with van der Waals surface area (Å²) in [6, 6.07) is 4.54. The first-order valence-corrected chi connectivity index (χ1v) is 6.25. The number of aryl methyl sites for hydroxylation is 1. The Bertz CT molecular complexity index is 664. The lowest BCUT2D eigenvalue weighted by atomic mass is 10.1. The number of para-hydroxylation sites is 1. The van der Waals surface area contributed by atoms with Crippen molar-refractivity contribution in [1.82, 2.24) is 5.32 Å². The number of halogens is 1. The van der Waals surface area contributed by atoms with Crippen molar-refractivity contribution < 1.29 is 18.4 Å². The third-order valence-electron chi connectivity index (χ3n) is 3.01. The molecule has 0 unspecified atom stereocenters. The molecular formula is C14H15FN2O3. The smallest absolute Gasteiger partial charge is 0.287 e. The van der Waals surface area contributed by atoms with Crippen molar-refractivity contribution in [2.75, 3.05) is 6.54 Å². The van der Waals surface area contributed by atoms with Gasteiger partial charge in [0.05, 0.1) is 0 Å². The fraction of sp³-hybridized carbons (Fsp3) is 0.286. The average Bonchev–Trinajstić information content (AvgIpc) is 2.74. The van der Waals surface area contributed by atoms with Gasteiger partial charge in [0.15, 0.2) is 17.2 Å². The van der Waals surface area contributed by atoms with Crippen LogP contribution in [0.2, 0.25) is 0 Å². The predicted molar refractivity (Wildman–Crippen MR) is 71.7 cm³/mol. The lowest BCUT2D eigenvalue weighted by Crippen LogP contribution is -2.25. The monoisotopic (exact) mass is 278 g/mol. The zero-order valence-corrected chi connectivity index (χ0v) is 11.0. The largest absolute Gasteiger partial charge is 0.448 e. The number of amides is 2. The van der Waals surface area contributed by atoms with Crippen LogP contribution in [0, 0.1) is 12.7 Å². The average molecular weight is 278 g/mol. The number of fused-ring (bicyclic) bond motifs is 1. The summed E-state index contributed by atoms with van der Waals surface area (Å²) in [6.07, 6.45) is 0.655. The molecule has 2 aromatic rings. The minimum atomic E-state index is -0.502. The highest BCUT2D eigenvalue weighted by Gasteiger charge is 2.18. The minimum Gasteiger partial charge on any atom is -0.448 e. The summed E-state index contributed by atoms with van der Waals surface area (Å²) in [6.45, 7) is 2.00. The molecule has 0 fully saturated rings. The fourth-order valence-corrected chi connectivity index (χ4v) is 1.97. The van der Waals surface area contributed by atoms with Crippen LogP contribution in [0.1, 0.15) is 29.0 Å². The number of hydrogen-bond donors (Lipinski definition) is 2. The highest BCUT2D eigenvalue weighted by Crippen LogP contribution is 2.27. The number of nitrogens with one attached hydrogen (secondary N) is 1. The van der Waals surface area contributed by atoms with Gasteiger partial charge >= 0.3 is 0 Å². The second-order valence-corrected chi connectivity index (χ2v) is 4.50. The van der Waals surface area contributed by atoms with E-state index >= 15 is 0 Å². The Labute approximate surface area is 114 Å². The first kappa shape index (κ1) is 14.0. The third-order valence-corrected chi connectivity index (χ3v) is 3.01. The Morgan fingerprint density at radius 3 is 2.80 bits per heavy atom. The van der Waals surface area contributed by atoms with Crippen LogP contribution in [0.3, 0.4) is 0 Å². The van der Waals surface area contributed by atoms with E-state index in [1.807, 2.05) is 0 Å². The van der Waals surface area contributed by atoms with Gasteiger partial charge in [-0.05, 0) is 19.4 Å². The molecule has 0 atom stereocenters. The third kappa shape index (κ3) is 2.79. The first-order valence-electron chi connectivity index (χ1n) is 6.25. The first-order chi connectivity index (χ1) is 9.50. The van der Waals surface area contributed by atoms with E-state index < -0.39 is 17.6 Å². The molecule has 0 bridgehead atoms. The van der Waals surface area contributed by atoms with Gasteiger partial charge in [-0.15, -0.1) is 0 Å². The number of furan rings is 1. The molecule has 0 aliphatic carbocycles. The molecule has 106 valence electrons. The van der Waals surface area contributed by atoms with Crippen LogP contribution in [0.5, 0.6) is 0 Å².